The number of aromatic nitrogens is 3. The molecule has 4 aromatic rings. The predicted molar refractivity (Wildman–Crippen MR) is 136 cm³/mol. The van der Waals surface area contributed by atoms with E-state index in [-0.39, 0.29) is 35.6 Å². The van der Waals surface area contributed by atoms with Gasteiger partial charge in [-0.05, 0) is 54.7 Å². The fraction of sp³-hybridized carbons (Fsp3) is 0.286. The first-order chi connectivity index (χ1) is 17.9. The lowest BCUT2D eigenvalue weighted by Gasteiger charge is -2.23. The van der Waals surface area contributed by atoms with Crippen LogP contribution in [0.1, 0.15) is 36.5 Å². The topological polar surface area (TPSA) is 93.3 Å². The largest absolute Gasteiger partial charge is 0.497 e. The average Bonchev–Trinajstić information content (AvgIpc) is 3.71. The Balaban J connectivity index is 1.60. The second-order valence-corrected chi connectivity index (χ2v) is 9.07. The van der Waals surface area contributed by atoms with Crippen molar-refractivity contribution in [3.8, 4) is 23.4 Å². The number of halogens is 1. The monoisotopic (exact) mass is 499 g/mol. The Morgan fingerprint density at radius 1 is 1.24 bits per heavy atom. The Morgan fingerprint density at radius 3 is 2.65 bits per heavy atom. The lowest BCUT2D eigenvalue weighted by molar-refractivity contribution is -0.119. The average molecular weight is 500 g/mol. The van der Waals surface area contributed by atoms with Gasteiger partial charge in [-0.2, -0.15) is 10.2 Å². The summed E-state index contributed by atoms with van der Waals surface area (Å²) in [6.45, 7) is 2.14. The maximum absolute atomic E-state index is 15.0. The zero-order valence-electron chi connectivity index (χ0n) is 20.9. The van der Waals surface area contributed by atoms with Crippen LogP contribution in [0.15, 0.2) is 48.8 Å². The van der Waals surface area contributed by atoms with Crippen LogP contribution in [0.3, 0.4) is 0 Å². The molecule has 9 heteroatoms. The summed E-state index contributed by atoms with van der Waals surface area (Å²) in [5, 5.41) is 9.21. The summed E-state index contributed by atoms with van der Waals surface area (Å²) in [4.78, 5) is 24.3. The third-order valence-corrected chi connectivity index (χ3v) is 6.46. The molecule has 1 aliphatic rings. The van der Waals surface area contributed by atoms with Crippen molar-refractivity contribution in [1.29, 1.82) is 5.26 Å². The Bertz CT molecular complexity index is 1520. The molecule has 0 aliphatic heterocycles. The predicted octanol–water partition coefficient (Wildman–Crippen LogP) is 5.29. The molecular weight excluding hydrogens is 473 g/mol. The summed E-state index contributed by atoms with van der Waals surface area (Å²) in [7, 11) is 3.44. The third-order valence-electron chi connectivity index (χ3n) is 6.46. The first-order valence-corrected chi connectivity index (χ1v) is 12.1. The van der Waals surface area contributed by atoms with Gasteiger partial charge in [-0.15, -0.1) is 0 Å². The number of benzene rings is 2. The van der Waals surface area contributed by atoms with E-state index in [0.717, 1.165) is 30.2 Å². The zero-order valence-corrected chi connectivity index (χ0v) is 20.9. The molecular formula is C28H26FN5O3. The van der Waals surface area contributed by atoms with E-state index in [1.54, 1.807) is 35.0 Å². The lowest BCUT2D eigenvalue weighted by atomic mass is 10.1. The first-order valence-electron chi connectivity index (χ1n) is 12.1. The lowest BCUT2D eigenvalue weighted by Crippen LogP contribution is -2.32. The third kappa shape index (κ3) is 4.83. The van der Waals surface area contributed by atoms with Crippen molar-refractivity contribution >= 4 is 22.8 Å². The number of fused-ring (bicyclic) bond motifs is 1. The molecule has 5 rings (SSSR count). The number of nitrogens with zero attached hydrogens (tertiary/aromatic N) is 5. The standard InChI is InChI=1S/C28H26FN5O3/c1-4-19-11-18(14-30)12-22(29)26(19)37-24-13-23-25(31-16-33(23)2)27(32-24)34(28(35)20-7-8-20)15-17-5-9-21(36-3)10-6-17/h5-6,9-13,16,20H,4,7-8,15H2,1-3H3. The van der Waals surface area contributed by atoms with Crippen molar-refractivity contribution in [2.45, 2.75) is 32.7 Å². The van der Waals surface area contributed by atoms with Gasteiger partial charge in [-0.3, -0.25) is 9.69 Å². The molecule has 2 aromatic heterocycles. The molecule has 37 heavy (non-hydrogen) atoms. The molecule has 0 N–H and O–H groups in total. The van der Waals surface area contributed by atoms with Crippen LogP contribution in [-0.4, -0.2) is 27.6 Å². The quantitative estimate of drug-likeness (QED) is 0.327. The van der Waals surface area contributed by atoms with Crippen molar-refractivity contribution in [2.75, 3.05) is 12.0 Å². The number of rotatable bonds is 8. The van der Waals surface area contributed by atoms with E-state index in [0.29, 0.717) is 28.8 Å². The highest BCUT2D eigenvalue weighted by Crippen LogP contribution is 2.37. The van der Waals surface area contributed by atoms with E-state index >= 15 is 0 Å². The van der Waals surface area contributed by atoms with Crippen molar-refractivity contribution < 1.29 is 18.7 Å². The van der Waals surface area contributed by atoms with Crippen LogP contribution in [0.2, 0.25) is 0 Å². The molecule has 0 bridgehead atoms. The molecule has 2 heterocycles. The number of ether oxygens (including phenoxy) is 2. The molecule has 2 aromatic carbocycles. The summed E-state index contributed by atoms with van der Waals surface area (Å²) in [6.07, 6.45) is 3.77. The highest BCUT2D eigenvalue weighted by Gasteiger charge is 2.36. The smallest absolute Gasteiger partial charge is 0.231 e. The van der Waals surface area contributed by atoms with E-state index in [1.165, 1.54) is 0 Å². The number of hydrogen-bond donors (Lipinski definition) is 0. The maximum atomic E-state index is 15.0. The second-order valence-electron chi connectivity index (χ2n) is 9.07. The van der Waals surface area contributed by atoms with Crippen LogP contribution in [-0.2, 0) is 24.8 Å². The summed E-state index contributed by atoms with van der Waals surface area (Å²) in [6, 6.07) is 13.9. The highest BCUT2D eigenvalue weighted by atomic mass is 19.1. The van der Waals surface area contributed by atoms with E-state index < -0.39 is 5.82 Å². The molecule has 1 fully saturated rings. The Kier molecular flexibility index (Phi) is 6.49. The molecule has 188 valence electrons. The number of carbonyl (C=O) groups is 1. The normalized spacial score (nSPS) is 12.8. The SMILES string of the molecule is CCc1cc(C#N)cc(F)c1Oc1cc2c(ncn2C)c(N(Cc2ccc(OC)cc2)C(=O)C2CC2)n1. The van der Waals surface area contributed by atoms with Gasteiger partial charge in [0.25, 0.3) is 0 Å². The van der Waals surface area contributed by atoms with Crippen LogP contribution in [0.4, 0.5) is 10.2 Å². The Morgan fingerprint density at radius 2 is 2.00 bits per heavy atom. The van der Waals surface area contributed by atoms with Crippen molar-refractivity contribution in [1.82, 2.24) is 14.5 Å². The zero-order chi connectivity index (χ0) is 26.1. The van der Waals surface area contributed by atoms with Crippen LogP contribution in [0.25, 0.3) is 11.0 Å². The van der Waals surface area contributed by atoms with Crippen LogP contribution < -0.4 is 14.4 Å². The second kappa shape index (κ2) is 9.90. The molecule has 0 saturated heterocycles. The summed E-state index contributed by atoms with van der Waals surface area (Å²) in [5.74, 6) is 0.476. The number of anilines is 1. The maximum Gasteiger partial charge on any atom is 0.231 e. The number of carbonyl (C=O) groups excluding carboxylic acids is 1. The van der Waals surface area contributed by atoms with Gasteiger partial charge in [0.15, 0.2) is 17.4 Å². The fourth-order valence-electron chi connectivity index (χ4n) is 4.25. The van der Waals surface area contributed by atoms with Crippen molar-refractivity contribution in [3.05, 3.63) is 71.3 Å². The summed E-state index contributed by atoms with van der Waals surface area (Å²) >= 11 is 0. The minimum atomic E-state index is -0.645. The molecule has 1 aliphatic carbocycles. The van der Waals surface area contributed by atoms with E-state index in [9.17, 15) is 14.4 Å². The first kappa shape index (κ1) is 24.3. The number of imidazole rings is 1. The minimum Gasteiger partial charge on any atom is -0.497 e. The number of methoxy groups -OCH3 is 1. The number of pyridine rings is 1. The van der Waals surface area contributed by atoms with Crippen LogP contribution >= 0.6 is 0 Å². The number of aryl methyl sites for hydroxylation is 2. The molecule has 0 radical (unpaired) electrons. The number of hydrogen-bond acceptors (Lipinski definition) is 6. The van der Waals surface area contributed by atoms with Gasteiger partial charge in [0, 0.05) is 19.0 Å². The van der Waals surface area contributed by atoms with E-state index in [4.69, 9.17) is 9.47 Å². The molecule has 0 unspecified atom stereocenters. The minimum absolute atomic E-state index is 0.0108. The Hall–Kier alpha value is -4.45. The molecule has 0 spiro atoms. The number of amides is 1. The van der Waals surface area contributed by atoms with Crippen molar-refractivity contribution in [2.24, 2.45) is 13.0 Å². The van der Waals surface area contributed by atoms with Gasteiger partial charge in [0.05, 0.1) is 37.1 Å². The summed E-state index contributed by atoms with van der Waals surface area (Å²) < 4.78 is 28.0. The van der Waals surface area contributed by atoms with Gasteiger partial charge >= 0.3 is 0 Å². The molecule has 1 amide bonds. The molecule has 8 nitrogen and oxygen atoms in total. The van der Waals surface area contributed by atoms with Gasteiger partial charge in [-0.1, -0.05) is 19.1 Å². The Labute approximate surface area is 213 Å². The molecule has 1 saturated carbocycles. The fourth-order valence-corrected chi connectivity index (χ4v) is 4.25. The number of nitriles is 1. The molecule has 0 atom stereocenters. The van der Waals surface area contributed by atoms with Gasteiger partial charge < -0.3 is 14.0 Å². The van der Waals surface area contributed by atoms with Gasteiger partial charge in [-0.25, -0.2) is 9.37 Å². The van der Waals surface area contributed by atoms with Crippen molar-refractivity contribution in [3.63, 3.8) is 0 Å². The van der Waals surface area contributed by atoms with Crippen LogP contribution in [0, 0.1) is 23.1 Å². The van der Waals surface area contributed by atoms with Gasteiger partial charge in [0.2, 0.25) is 11.8 Å². The highest BCUT2D eigenvalue weighted by molar-refractivity contribution is 6.02. The van der Waals surface area contributed by atoms with Crippen LogP contribution in [0.5, 0.6) is 17.4 Å². The van der Waals surface area contributed by atoms with E-state index in [1.807, 2.05) is 44.3 Å². The van der Waals surface area contributed by atoms with E-state index in [2.05, 4.69) is 9.97 Å². The summed E-state index contributed by atoms with van der Waals surface area (Å²) in [5.41, 5.74) is 2.91. The van der Waals surface area contributed by atoms with Gasteiger partial charge in [0.1, 0.15) is 11.3 Å².